The molecule has 0 spiro atoms. The third-order valence-corrected chi connectivity index (χ3v) is 1.57. The predicted octanol–water partition coefficient (Wildman–Crippen LogP) is 2.29. The number of aliphatic hydroxyl groups excluding tert-OH is 1. The molecule has 0 heterocycles. The first-order valence-corrected chi connectivity index (χ1v) is 5.52. The van der Waals surface area contributed by atoms with Gasteiger partial charge in [-0.1, -0.05) is 19.3 Å². The summed E-state index contributed by atoms with van der Waals surface area (Å²) in [6.45, 7) is 0. The molecular formula is C8H18OS. The van der Waals surface area contributed by atoms with Crippen molar-refractivity contribution in [2.45, 2.75) is 38.2 Å². The van der Waals surface area contributed by atoms with Crippen molar-refractivity contribution in [3.05, 3.63) is 0 Å². The van der Waals surface area contributed by atoms with Gasteiger partial charge in [0.15, 0.2) is 0 Å². The molecule has 0 unspecified atom stereocenters. The summed E-state index contributed by atoms with van der Waals surface area (Å²) in [6, 6.07) is 0. The van der Waals surface area contributed by atoms with Crippen LogP contribution in [0.5, 0.6) is 0 Å². The van der Waals surface area contributed by atoms with Gasteiger partial charge in [0.1, 0.15) is 0 Å². The molecule has 0 aromatic heterocycles. The quantitative estimate of drug-likeness (QED) is 0.590. The summed E-state index contributed by atoms with van der Waals surface area (Å²) in [6.07, 6.45) is 10.0. The van der Waals surface area contributed by atoms with Gasteiger partial charge in [-0.2, -0.15) is 11.8 Å². The maximum absolute atomic E-state index is 8.91. The summed E-state index contributed by atoms with van der Waals surface area (Å²) in [4.78, 5) is 0. The van der Waals surface area contributed by atoms with Crippen molar-refractivity contribution < 1.29 is 5.11 Å². The number of hydrogen-bond donors (Lipinski definition) is 1. The molecule has 2 heteroatoms. The van der Waals surface area contributed by atoms with Crippen molar-refractivity contribution in [2.75, 3.05) is 12.5 Å². The Morgan fingerprint density at radius 2 is 1.50 bits per heavy atom. The van der Waals surface area contributed by atoms with Gasteiger partial charge in [-0.05, 0) is 25.4 Å². The maximum atomic E-state index is 8.91. The molecular weight excluding hydrogens is 144 g/mol. The highest BCUT2D eigenvalue weighted by molar-refractivity contribution is 7.97. The zero-order valence-corrected chi connectivity index (χ0v) is 7.78. The lowest BCUT2D eigenvalue weighted by molar-refractivity contribution is 0.130. The maximum Gasteiger partial charge on any atom is 0.0540 e. The number of thioether (sulfide) groups is 1. The highest BCUT2D eigenvalue weighted by Gasteiger charge is 2.07. The topological polar surface area (TPSA) is 20.2 Å². The fraction of sp³-hybridized carbons (Fsp3) is 1.00. The molecule has 0 amide bonds. The van der Waals surface area contributed by atoms with E-state index in [9.17, 15) is 0 Å². The number of hydrogen-bond acceptors (Lipinski definition) is 2. The van der Waals surface area contributed by atoms with E-state index in [1.807, 2.05) is 12.5 Å². The van der Waals surface area contributed by atoms with E-state index < -0.39 is 0 Å². The van der Waals surface area contributed by atoms with Gasteiger partial charge in [0.05, 0.1) is 6.10 Å². The van der Waals surface area contributed by atoms with Crippen molar-refractivity contribution >= 4 is 11.8 Å². The highest BCUT2D eigenvalue weighted by atomic mass is 32.2. The van der Waals surface area contributed by atoms with Crippen LogP contribution >= 0.6 is 11.8 Å². The summed E-state index contributed by atoms with van der Waals surface area (Å²) in [7, 11) is 0. The molecule has 1 rings (SSSR count). The van der Waals surface area contributed by atoms with Gasteiger partial charge in [0.2, 0.25) is 0 Å². The van der Waals surface area contributed by atoms with E-state index in [1.165, 1.54) is 19.3 Å². The minimum absolute atomic E-state index is 0.0359. The molecule has 0 aliphatic heterocycles. The van der Waals surface area contributed by atoms with E-state index in [0.29, 0.717) is 0 Å². The standard InChI is InChI=1S/C6H12O.C2H6S/c7-6-4-2-1-3-5-6;1-3-2/h6-7H,1-5H2;1-2H3. The first-order chi connectivity index (χ1) is 4.81. The lowest BCUT2D eigenvalue weighted by Crippen LogP contribution is -2.09. The van der Waals surface area contributed by atoms with E-state index >= 15 is 0 Å². The van der Waals surface area contributed by atoms with Crippen LogP contribution in [0.4, 0.5) is 0 Å². The van der Waals surface area contributed by atoms with Crippen LogP contribution in [0.2, 0.25) is 0 Å². The Hall–Kier alpha value is 0.310. The van der Waals surface area contributed by atoms with Crippen molar-refractivity contribution in [1.82, 2.24) is 0 Å². The average Bonchev–Trinajstić information content (AvgIpc) is 1.91. The van der Waals surface area contributed by atoms with E-state index in [4.69, 9.17) is 5.11 Å². The third-order valence-electron chi connectivity index (χ3n) is 1.57. The fourth-order valence-electron chi connectivity index (χ4n) is 1.08. The third kappa shape index (κ3) is 6.43. The number of rotatable bonds is 0. The summed E-state index contributed by atoms with van der Waals surface area (Å²) in [5.41, 5.74) is 0. The molecule has 1 N–H and O–H groups in total. The summed E-state index contributed by atoms with van der Waals surface area (Å²) in [5, 5.41) is 8.91. The zero-order valence-electron chi connectivity index (χ0n) is 6.97. The average molecular weight is 162 g/mol. The van der Waals surface area contributed by atoms with E-state index in [0.717, 1.165) is 12.8 Å². The second-order valence-electron chi connectivity index (χ2n) is 2.70. The van der Waals surface area contributed by atoms with Gasteiger partial charge in [0, 0.05) is 0 Å². The number of aliphatic hydroxyl groups is 1. The molecule has 1 aliphatic rings. The van der Waals surface area contributed by atoms with Crippen LogP contribution in [0, 0.1) is 0 Å². The largest absolute Gasteiger partial charge is 0.393 e. The van der Waals surface area contributed by atoms with Gasteiger partial charge in [0.25, 0.3) is 0 Å². The van der Waals surface area contributed by atoms with E-state index in [2.05, 4.69) is 0 Å². The van der Waals surface area contributed by atoms with Crippen molar-refractivity contribution in [2.24, 2.45) is 0 Å². The van der Waals surface area contributed by atoms with E-state index in [1.54, 1.807) is 11.8 Å². The van der Waals surface area contributed by atoms with Gasteiger partial charge in [-0.3, -0.25) is 0 Å². The molecule has 10 heavy (non-hydrogen) atoms. The molecule has 1 nitrogen and oxygen atoms in total. The molecule has 1 aliphatic carbocycles. The second kappa shape index (κ2) is 7.42. The molecule has 0 radical (unpaired) electrons. The first-order valence-electron chi connectivity index (χ1n) is 3.89. The lowest BCUT2D eigenvalue weighted by Gasteiger charge is -2.14. The van der Waals surface area contributed by atoms with Crippen molar-refractivity contribution in [3.63, 3.8) is 0 Å². The van der Waals surface area contributed by atoms with Crippen molar-refractivity contribution in [1.29, 1.82) is 0 Å². The molecule has 0 bridgehead atoms. The zero-order chi connectivity index (χ0) is 7.82. The molecule has 0 saturated heterocycles. The second-order valence-corrected chi connectivity index (χ2v) is 3.52. The normalized spacial score (nSPS) is 19.5. The Bertz CT molecular complexity index is 60.3. The SMILES string of the molecule is CSC.OC1CCCCC1. The minimum atomic E-state index is 0.0359. The smallest absolute Gasteiger partial charge is 0.0540 e. The highest BCUT2D eigenvalue weighted by Crippen LogP contribution is 2.16. The summed E-state index contributed by atoms with van der Waals surface area (Å²) < 4.78 is 0. The van der Waals surface area contributed by atoms with Crippen LogP contribution in [0.25, 0.3) is 0 Å². The first kappa shape index (κ1) is 10.3. The molecule has 62 valence electrons. The van der Waals surface area contributed by atoms with Crippen LogP contribution in [0.15, 0.2) is 0 Å². The monoisotopic (exact) mass is 162 g/mol. The Balaban J connectivity index is 0.000000236. The van der Waals surface area contributed by atoms with E-state index in [-0.39, 0.29) is 6.10 Å². The summed E-state index contributed by atoms with van der Waals surface area (Å²) >= 11 is 1.75. The molecule has 0 atom stereocenters. The Labute approximate surface area is 68.2 Å². The fourth-order valence-corrected chi connectivity index (χ4v) is 1.08. The molecule has 0 aromatic carbocycles. The van der Waals surface area contributed by atoms with Gasteiger partial charge < -0.3 is 5.11 Å². The predicted molar refractivity (Wildman–Crippen MR) is 48.5 cm³/mol. The van der Waals surface area contributed by atoms with Crippen LogP contribution in [-0.4, -0.2) is 23.7 Å². The van der Waals surface area contributed by atoms with Crippen molar-refractivity contribution in [3.8, 4) is 0 Å². The van der Waals surface area contributed by atoms with Crippen LogP contribution < -0.4 is 0 Å². The Kier molecular flexibility index (Phi) is 7.65. The van der Waals surface area contributed by atoms with Crippen LogP contribution in [0.3, 0.4) is 0 Å². The van der Waals surface area contributed by atoms with Gasteiger partial charge >= 0.3 is 0 Å². The molecule has 0 aromatic rings. The minimum Gasteiger partial charge on any atom is -0.393 e. The van der Waals surface area contributed by atoms with Gasteiger partial charge in [-0.25, -0.2) is 0 Å². The summed E-state index contributed by atoms with van der Waals surface area (Å²) in [5.74, 6) is 0. The van der Waals surface area contributed by atoms with Crippen LogP contribution in [0.1, 0.15) is 32.1 Å². The Morgan fingerprint density at radius 3 is 1.70 bits per heavy atom. The Morgan fingerprint density at radius 1 is 1.10 bits per heavy atom. The molecule has 1 saturated carbocycles. The van der Waals surface area contributed by atoms with Crippen LogP contribution in [-0.2, 0) is 0 Å². The van der Waals surface area contributed by atoms with Gasteiger partial charge in [-0.15, -0.1) is 0 Å². The molecule has 1 fully saturated rings. The lowest BCUT2D eigenvalue weighted by atomic mass is 9.98.